The Morgan fingerprint density at radius 2 is 2.19 bits per heavy atom. The SMILES string of the molecule is CCOCCCN=C(N)NC(C)COC.I. The highest BCUT2D eigenvalue weighted by Crippen LogP contribution is 1.85. The third-order valence-corrected chi connectivity index (χ3v) is 1.74. The van der Waals surface area contributed by atoms with E-state index in [0.717, 1.165) is 19.6 Å². The number of aliphatic imine (C=N–C) groups is 1. The number of nitrogens with zero attached hydrogens (tertiary/aromatic N) is 1. The zero-order valence-electron chi connectivity index (χ0n) is 10.4. The van der Waals surface area contributed by atoms with Crippen LogP contribution in [0.1, 0.15) is 20.3 Å². The van der Waals surface area contributed by atoms with E-state index in [1.54, 1.807) is 7.11 Å². The average Bonchev–Trinajstić information content (AvgIpc) is 2.17. The fourth-order valence-electron chi connectivity index (χ4n) is 1.10. The normalized spacial score (nSPS) is 13.1. The molecule has 0 aliphatic heterocycles. The van der Waals surface area contributed by atoms with Crippen molar-refractivity contribution in [3.05, 3.63) is 0 Å². The van der Waals surface area contributed by atoms with Crippen molar-refractivity contribution in [1.82, 2.24) is 5.32 Å². The Morgan fingerprint density at radius 3 is 2.75 bits per heavy atom. The Morgan fingerprint density at radius 1 is 1.50 bits per heavy atom. The lowest BCUT2D eigenvalue weighted by Gasteiger charge is -2.12. The predicted molar refractivity (Wildman–Crippen MR) is 77.5 cm³/mol. The first kappa shape index (κ1) is 18.3. The first-order chi connectivity index (χ1) is 7.20. The molecule has 0 spiro atoms. The van der Waals surface area contributed by atoms with Gasteiger partial charge in [-0.1, -0.05) is 0 Å². The lowest BCUT2D eigenvalue weighted by molar-refractivity contribution is 0.146. The summed E-state index contributed by atoms with van der Waals surface area (Å²) in [6, 6.07) is 0.186. The molecule has 0 rings (SSSR count). The Kier molecular flexibility index (Phi) is 14.8. The molecule has 3 N–H and O–H groups in total. The van der Waals surface area contributed by atoms with E-state index in [4.69, 9.17) is 15.2 Å². The zero-order valence-corrected chi connectivity index (χ0v) is 12.7. The van der Waals surface area contributed by atoms with Crippen LogP contribution in [-0.4, -0.2) is 45.5 Å². The molecule has 0 fully saturated rings. The van der Waals surface area contributed by atoms with Crippen molar-refractivity contribution in [3.8, 4) is 0 Å². The quantitative estimate of drug-likeness (QED) is 0.298. The second-order valence-corrected chi connectivity index (χ2v) is 3.32. The van der Waals surface area contributed by atoms with Crippen molar-refractivity contribution in [2.75, 3.05) is 33.5 Å². The van der Waals surface area contributed by atoms with Gasteiger partial charge in [0.2, 0.25) is 0 Å². The maximum Gasteiger partial charge on any atom is 0.188 e. The minimum Gasteiger partial charge on any atom is -0.383 e. The fourth-order valence-corrected chi connectivity index (χ4v) is 1.10. The third-order valence-electron chi connectivity index (χ3n) is 1.74. The lowest BCUT2D eigenvalue weighted by Crippen LogP contribution is -2.40. The van der Waals surface area contributed by atoms with Crippen molar-refractivity contribution in [2.45, 2.75) is 26.3 Å². The van der Waals surface area contributed by atoms with Crippen LogP contribution in [0.25, 0.3) is 0 Å². The summed E-state index contributed by atoms with van der Waals surface area (Å²) < 4.78 is 10.2. The number of methoxy groups -OCH3 is 1. The molecule has 0 bridgehead atoms. The molecule has 1 atom stereocenters. The molecule has 0 saturated carbocycles. The van der Waals surface area contributed by atoms with E-state index in [9.17, 15) is 0 Å². The van der Waals surface area contributed by atoms with Gasteiger partial charge < -0.3 is 20.5 Å². The molecule has 5 nitrogen and oxygen atoms in total. The van der Waals surface area contributed by atoms with Gasteiger partial charge in [0, 0.05) is 32.9 Å². The van der Waals surface area contributed by atoms with Crippen LogP contribution >= 0.6 is 24.0 Å². The molecular weight excluding hydrogens is 321 g/mol. The van der Waals surface area contributed by atoms with Gasteiger partial charge in [-0.05, 0) is 20.3 Å². The van der Waals surface area contributed by atoms with Gasteiger partial charge in [-0.15, -0.1) is 24.0 Å². The van der Waals surface area contributed by atoms with Gasteiger partial charge in [0.25, 0.3) is 0 Å². The molecular formula is C10H24IN3O2. The molecule has 0 aromatic rings. The molecule has 6 heteroatoms. The van der Waals surface area contributed by atoms with Gasteiger partial charge in [-0.3, -0.25) is 4.99 Å². The lowest BCUT2D eigenvalue weighted by atomic mass is 10.4. The van der Waals surface area contributed by atoms with Crippen LogP contribution in [0.2, 0.25) is 0 Å². The van der Waals surface area contributed by atoms with Crippen molar-refractivity contribution >= 4 is 29.9 Å². The average molecular weight is 345 g/mol. The van der Waals surface area contributed by atoms with Crippen LogP contribution < -0.4 is 11.1 Å². The molecule has 0 radical (unpaired) electrons. The number of nitrogens with one attached hydrogen (secondary N) is 1. The number of halogens is 1. The number of ether oxygens (including phenoxy) is 2. The maximum atomic E-state index is 5.66. The van der Waals surface area contributed by atoms with Gasteiger partial charge in [0.05, 0.1) is 6.61 Å². The number of hydrogen-bond donors (Lipinski definition) is 2. The summed E-state index contributed by atoms with van der Waals surface area (Å²) in [5.74, 6) is 0.469. The topological polar surface area (TPSA) is 68.9 Å². The summed E-state index contributed by atoms with van der Waals surface area (Å²) in [7, 11) is 1.66. The summed E-state index contributed by atoms with van der Waals surface area (Å²) in [5.41, 5.74) is 5.66. The number of guanidine groups is 1. The van der Waals surface area contributed by atoms with Crippen molar-refractivity contribution in [1.29, 1.82) is 0 Å². The smallest absolute Gasteiger partial charge is 0.188 e. The highest BCUT2D eigenvalue weighted by molar-refractivity contribution is 14.0. The molecule has 0 aromatic heterocycles. The minimum absolute atomic E-state index is 0. The Bertz CT molecular complexity index is 179. The first-order valence-corrected chi connectivity index (χ1v) is 5.33. The van der Waals surface area contributed by atoms with E-state index in [2.05, 4.69) is 10.3 Å². The van der Waals surface area contributed by atoms with Crippen molar-refractivity contribution in [3.63, 3.8) is 0 Å². The van der Waals surface area contributed by atoms with Crippen LogP contribution in [0.5, 0.6) is 0 Å². The Labute approximate surface area is 115 Å². The van der Waals surface area contributed by atoms with E-state index in [0.29, 0.717) is 19.1 Å². The summed E-state index contributed by atoms with van der Waals surface area (Å²) in [5, 5.41) is 3.03. The van der Waals surface area contributed by atoms with E-state index in [-0.39, 0.29) is 30.0 Å². The summed E-state index contributed by atoms with van der Waals surface area (Å²) in [6.07, 6.45) is 0.898. The summed E-state index contributed by atoms with van der Waals surface area (Å²) in [6.45, 7) is 6.77. The van der Waals surface area contributed by atoms with Crippen molar-refractivity contribution < 1.29 is 9.47 Å². The Balaban J connectivity index is 0. The molecule has 0 saturated heterocycles. The van der Waals surface area contributed by atoms with E-state index in [1.165, 1.54) is 0 Å². The van der Waals surface area contributed by atoms with Gasteiger partial charge in [-0.2, -0.15) is 0 Å². The largest absolute Gasteiger partial charge is 0.383 e. The van der Waals surface area contributed by atoms with Gasteiger partial charge in [0.1, 0.15) is 0 Å². The molecule has 0 aliphatic rings. The summed E-state index contributed by atoms with van der Waals surface area (Å²) >= 11 is 0. The fraction of sp³-hybridized carbons (Fsp3) is 0.900. The van der Waals surface area contributed by atoms with E-state index < -0.39 is 0 Å². The second-order valence-electron chi connectivity index (χ2n) is 3.32. The van der Waals surface area contributed by atoms with Crippen LogP contribution in [0.4, 0.5) is 0 Å². The molecule has 98 valence electrons. The standard InChI is InChI=1S/C10H23N3O2.HI/c1-4-15-7-5-6-12-10(11)13-9(2)8-14-3;/h9H,4-8H2,1-3H3,(H3,11,12,13);1H. The molecule has 0 heterocycles. The predicted octanol–water partition coefficient (Wildman–Crippen LogP) is 0.970. The number of hydrogen-bond acceptors (Lipinski definition) is 3. The molecule has 16 heavy (non-hydrogen) atoms. The van der Waals surface area contributed by atoms with Crippen LogP contribution in [0, 0.1) is 0 Å². The number of rotatable bonds is 8. The first-order valence-electron chi connectivity index (χ1n) is 5.33. The Hall–Kier alpha value is -0.0800. The van der Waals surface area contributed by atoms with Gasteiger partial charge >= 0.3 is 0 Å². The highest BCUT2D eigenvalue weighted by atomic mass is 127. The highest BCUT2D eigenvalue weighted by Gasteiger charge is 2.00. The molecule has 0 amide bonds. The monoisotopic (exact) mass is 345 g/mol. The molecule has 0 aromatic carbocycles. The zero-order chi connectivity index (χ0) is 11.5. The van der Waals surface area contributed by atoms with Gasteiger partial charge in [-0.25, -0.2) is 0 Å². The molecule has 1 unspecified atom stereocenters. The van der Waals surface area contributed by atoms with Crippen molar-refractivity contribution in [2.24, 2.45) is 10.7 Å². The molecule has 0 aliphatic carbocycles. The number of nitrogens with two attached hydrogens (primary N) is 1. The van der Waals surface area contributed by atoms with Crippen LogP contribution in [0.15, 0.2) is 4.99 Å². The minimum atomic E-state index is 0. The van der Waals surface area contributed by atoms with Gasteiger partial charge in [0.15, 0.2) is 5.96 Å². The third kappa shape index (κ3) is 12.0. The van der Waals surface area contributed by atoms with E-state index >= 15 is 0 Å². The van der Waals surface area contributed by atoms with Crippen LogP contribution in [-0.2, 0) is 9.47 Å². The summed E-state index contributed by atoms with van der Waals surface area (Å²) in [4.78, 5) is 4.17. The van der Waals surface area contributed by atoms with E-state index in [1.807, 2.05) is 13.8 Å². The second kappa shape index (κ2) is 13.0. The maximum absolute atomic E-state index is 5.66. The van der Waals surface area contributed by atoms with Crippen LogP contribution in [0.3, 0.4) is 0 Å².